The van der Waals surface area contributed by atoms with Gasteiger partial charge < -0.3 is 5.73 Å². The zero-order valence-corrected chi connectivity index (χ0v) is 11.3. The van der Waals surface area contributed by atoms with Gasteiger partial charge in [-0.15, -0.1) is 11.8 Å². The second-order valence-corrected chi connectivity index (χ2v) is 5.41. The molecule has 1 heterocycles. The zero-order valence-electron chi connectivity index (χ0n) is 8.94. The fourth-order valence-electron chi connectivity index (χ4n) is 1.33. The van der Waals surface area contributed by atoms with Crippen molar-refractivity contribution in [2.75, 3.05) is 11.5 Å². The number of nitrogens with two attached hydrogens (primary N) is 1. The van der Waals surface area contributed by atoms with Gasteiger partial charge in [0.1, 0.15) is 5.82 Å². The van der Waals surface area contributed by atoms with Crippen LogP contribution in [0, 0.1) is 0 Å². The van der Waals surface area contributed by atoms with Gasteiger partial charge in [-0.05, 0) is 24.3 Å². The monoisotopic (exact) mass is 287 g/mol. The van der Waals surface area contributed by atoms with Crippen LogP contribution in [0.25, 0.3) is 0 Å². The van der Waals surface area contributed by atoms with E-state index in [1.807, 2.05) is 23.0 Å². The van der Waals surface area contributed by atoms with E-state index >= 15 is 0 Å². The predicted molar refractivity (Wildman–Crippen MR) is 73.8 cm³/mol. The molecule has 0 aliphatic carbocycles. The van der Waals surface area contributed by atoms with Crippen LogP contribution >= 0.6 is 35.0 Å². The highest BCUT2D eigenvalue weighted by molar-refractivity contribution is 7.99. The first-order chi connectivity index (χ1) is 8.15. The fraction of sp³-hybridized carbons (Fsp3) is 0.182. The molecule has 2 N–H and O–H groups in total. The first-order valence-corrected chi connectivity index (χ1v) is 6.76. The first kappa shape index (κ1) is 12.6. The van der Waals surface area contributed by atoms with Crippen LogP contribution in [0.1, 0.15) is 0 Å². The maximum atomic E-state index is 5.93. The minimum atomic E-state index is 0.546. The number of thioether (sulfide) groups is 1. The smallest absolute Gasteiger partial charge is 0.145 e. The molecule has 0 aliphatic heterocycles. The molecule has 2 rings (SSSR count). The van der Waals surface area contributed by atoms with Gasteiger partial charge in [0.25, 0.3) is 0 Å². The van der Waals surface area contributed by atoms with Crippen LogP contribution < -0.4 is 5.73 Å². The molecule has 0 saturated carbocycles. The highest BCUT2D eigenvalue weighted by Gasteiger charge is 2.01. The van der Waals surface area contributed by atoms with E-state index in [0.29, 0.717) is 15.9 Å². The summed E-state index contributed by atoms with van der Waals surface area (Å²) in [7, 11) is 0. The second kappa shape index (κ2) is 5.67. The second-order valence-electron chi connectivity index (χ2n) is 3.43. The summed E-state index contributed by atoms with van der Waals surface area (Å²) in [4.78, 5) is 1.10. The summed E-state index contributed by atoms with van der Waals surface area (Å²) in [6, 6.07) is 7.41. The lowest BCUT2D eigenvalue weighted by Gasteiger charge is -2.03. The number of anilines is 1. The lowest BCUT2D eigenvalue weighted by atomic mass is 10.4. The molecule has 3 nitrogen and oxygen atoms in total. The molecule has 6 heteroatoms. The zero-order chi connectivity index (χ0) is 12.3. The van der Waals surface area contributed by atoms with Crippen molar-refractivity contribution in [2.45, 2.75) is 11.4 Å². The van der Waals surface area contributed by atoms with Gasteiger partial charge in [-0.2, -0.15) is 5.10 Å². The lowest BCUT2D eigenvalue weighted by Crippen LogP contribution is -2.01. The molecule has 2 aromatic rings. The van der Waals surface area contributed by atoms with Crippen LogP contribution in [0.5, 0.6) is 0 Å². The van der Waals surface area contributed by atoms with Gasteiger partial charge in [-0.3, -0.25) is 4.68 Å². The Morgan fingerprint density at radius 3 is 2.71 bits per heavy atom. The van der Waals surface area contributed by atoms with E-state index in [9.17, 15) is 0 Å². The number of halogens is 2. The molecule has 0 radical (unpaired) electrons. The van der Waals surface area contributed by atoms with Crippen LogP contribution in [0.3, 0.4) is 0 Å². The van der Waals surface area contributed by atoms with Gasteiger partial charge in [0.05, 0.1) is 16.6 Å². The standard InChI is InChI=1S/C11H11Cl2N3S/c12-9-2-1-8(7-10(9)13)17-6-5-16-4-3-11(14)15-16/h1-4,7H,5-6H2,(H2,14,15). The summed E-state index contributed by atoms with van der Waals surface area (Å²) < 4.78 is 1.82. The third kappa shape index (κ3) is 3.56. The quantitative estimate of drug-likeness (QED) is 0.875. The largest absolute Gasteiger partial charge is 0.382 e. The van der Waals surface area contributed by atoms with Crippen molar-refractivity contribution in [1.82, 2.24) is 9.78 Å². The molecule has 0 spiro atoms. The van der Waals surface area contributed by atoms with Gasteiger partial charge in [-0.25, -0.2) is 0 Å². The minimum Gasteiger partial charge on any atom is -0.382 e. The highest BCUT2D eigenvalue weighted by atomic mass is 35.5. The molecule has 17 heavy (non-hydrogen) atoms. The summed E-state index contributed by atoms with van der Waals surface area (Å²) >= 11 is 13.5. The number of nitrogen functional groups attached to an aromatic ring is 1. The number of hydrogen-bond acceptors (Lipinski definition) is 3. The van der Waals surface area contributed by atoms with E-state index in [1.54, 1.807) is 23.9 Å². The SMILES string of the molecule is Nc1ccn(CCSc2ccc(Cl)c(Cl)c2)n1. The summed E-state index contributed by atoms with van der Waals surface area (Å²) in [5, 5.41) is 5.27. The average Bonchev–Trinajstić information content (AvgIpc) is 2.70. The van der Waals surface area contributed by atoms with Crippen molar-refractivity contribution in [3.63, 3.8) is 0 Å². The van der Waals surface area contributed by atoms with Crippen LogP contribution in [0.2, 0.25) is 10.0 Å². The van der Waals surface area contributed by atoms with Crippen molar-refractivity contribution in [3.8, 4) is 0 Å². The Morgan fingerprint density at radius 1 is 1.24 bits per heavy atom. The van der Waals surface area contributed by atoms with Crippen LogP contribution in [-0.4, -0.2) is 15.5 Å². The number of nitrogens with zero attached hydrogens (tertiary/aromatic N) is 2. The van der Waals surface area contributed by atoms with Gasteiger partial charge in [0, 0.05) is 16.8 Å². The maximum absolute atomic E-state index is 5.93. The van der Waals surface area contributed by atoms with E-state index in [2.05, 4.69) is 5.10 Å². The molecule has 0 unspecified atom stereocenters. The van der Waals surface area contributed by atoms with E-state index in [0.717, 1.165) is 17.2 Å². The van der Waals surface area contributed by atoms with E-state index in [4.69, 9.17) is 28.9 Å². The minimum absolute atomic E-state index is 0.546. The summed E-state index contributed by atoms with van der Waals surface area (Å²) in [5.74, 6) is 1.45. The van der Waals surface area contributed by atoms with Crippen molar-refractivity contribution in [3.05, 3.63) is 40.5 Å². The number of benzene rings is 1. The number of rotatable bonds is 4. The molecule has 0 bridgehead atoms. The van der Waals surface area contributed by atoms with Crippen molar-refractivity contribution in [1.29, 1.82) is 0 Å². The Kier molecular flexibility index (Phi) is 4.20. The fourth-order valence-corrected chi connectivity index (χ4v) is 2.57. The van der Waals surface area contributed by atoms with Gasteiger partial charge in [0.15, 0.2) is 0 Å². The molecule has 1 aromatic heterocycles. The number of hydrogen-bond donors (Lipinski definition) is 1. The van der Waals surface area contributed by atoms with Gasteiger partial charge in [0.2, 0.25) is 0 Å². The van der Waals surface area contributed by atoms with E-state index in [1.165, 1.54) is 0 Å². The van der Waals surface area contributed by atoms with E-state index in [-0.39, 0.29) is 0 Å². The third-order valence-corrected chi connectivity index (χ3v) is 3.85. The first-order valence-electron chi connectivity index (χ1n) is 5.02. The molecular weight excluding hydrogens is 277 g/mol. The third-order valence-electron chi connectivity index (χ3n) is 2.14. The van der Waals surface area contributed by atoms with E-state index < -0.39 is 0 Å². The molecule has 0 amide bonds. The molecule has 0 atom stereocenters. The Balaban J connectivity index is 1.87. The Hall–Kier alpha value is -0.840. The number of aromatic nitrogens is 2. The van der Waals surface area contributed by atoms with Crippen molar-refractivity contribution < 1.29 is 0 Å². The number of aryl methyl sites for hydroxylation is 1. The summed E-state index contributed by atoms with van der Waals surface area (Å²) in [5.41, 5.74) is 5.53. The van der Waals surface area contributed by atoms with Crippen molar-refractivity contribution >= 4 is 40.8 Å². The van der Waals surface area contributed by atoms with Gasteiger partial charge >= 0.3 is 0 Å². The average molecular weight is 288 g/mol. The van der Waals surface area contributed by atoms with Crippen molar-refractivity contribution in [2.24, 2.45) is 0 Å². The summed E-state index contributed by atoms with van der Waals surface area (Å²) in [6.45, 7) is 0.808. The van der Waals surface area contributed by atoms with Crippen LogP contribution in [0.15, 0.2) is 35.4 Å². The molecule has 0 aliphatic rings. The summed E-state index contributed by atoms with van der Waals surface area (Å²) in [6.07, 6.45) is 1.87. The van der Waals surface area contributed by atoms with Crippen LogP contribution in [-0.2, 0) is 6.54 Å². The molecule has 0 fully saturated rings. The Bertz CT molecular complexity index is 513. The molecule has 0 saturated heterocycles. The molecule has 90 valence electrons. The molecule has 1 aromatic carbocycles. The highest BCUT2D eigenvalue weighted by Crippen LogP contribution is 2.27. The maximum Gasteiger partial charge on any atom is 0.145 e. The van der Waals surface area contributed by atoms with Gasteiger partial charge in [-0.1, -0.05) is 23.2 Å². The van der Waals surface area contributed by atoms with Crippen LogP contribution in [0.4, 0.5) is 5.82 Å². The lowest BCUT2D eigenvalue weighted by molar-refractivity contribution is 0.669. The predicted octanol–water partition coefficient (Wildman–Crippen LogP) is 3.56. The molecular formula is C11H11Cl2N3S. The Morgan fingerprint density at radius 2 is 2.06 bits per heavy atom. The topological polar surface area (TPSA) is 43.8 Å². The normalized spacial score (nSPS) is 10.7. The Labute approximate surface area is 114 Å².